The largest absolute Gasteiger partial charge is 0.312 e. The Morgan fingerprint density at radius 1 is 0.800 bits per heavy atom. The van der Waals surface area contributed by atoms with Gasteiger partial charge in [0, 0.05) is 19.0 Å². The molecule has 3 aromatic carbocycles. The maximum Gasteiger partial charge on any atom is 0.0218 e. The van der Waals surface area contributed by atoms with Gasteiger partial charge in [-0.05, 0) is 27.5 Å². The highest BCUT2D eigenvalue weighted by atomic mass is 14.9. The highest BCUT2D eigenvalue weighted by molar-refractivity contribution is 5.83. The SMILES string of the molecule is c1ccc2c(c1)CNCC2c1ccc2ccccc2c1. The Bertz CT molecular complexity index is 760. The molecule has 0 amide bonds. The van der Waals surface area contributed by atoms with Crippen molar-refractivity contribution >= 4 is 10.8 Å². The summed E-state index contributed by atoms with van der Waals surface area (Å²) < 4.78 is 0. The first-order valence-electron chi connectivity index (χ1n) is 7.19. The van der Waals surface area contributed by atoms with Gasteiger partial charge in [0.05, 0.1) is 0 Å². The van der Waals surface area contributed by atoms with Crippen molar-refractivity contribution in [1.29, 1.82) is 0 Å². The van der Waals surface area contributed by atoms with Crippen molar-refractivity contribution in [2.75, 3.05) is 6.54 Å². The van der Waals surface area contributed by atoms with Crippen LogP contribution in [0.15, 0.2) is 66.7 Å². The van der Waals surface area contributed by atoms with Gasteiger partial charge in [-0.3, -0.25) is 0 Å². The molecule has 0 radical (unpaired) electrons. The van der Waals surface area contributed by atoms with E-state index in [4.69, 9.17) is 0 Å². The predicted molar refractivity (Wildman–Crippen MR) is 83.9 cm³/mol. The molecule has 98 valence electrons. The lowest BCUT2D eigenvalue weighted by atomic mass is 9.85. The smallest absolute Gasteiger partial charge is 0.0218 e. The van der Waals surface area contributed by atoms with Gasteiger partial charge in [0.1, 0.15) is 0 Å². The zero-order chi connectivity index (χ0) is 13.4. The summed E-state index contributed by atoms with van der Waals surface area (Å²) in [6.45, 7) is 2.01. The maximum absolute atomic E-state index is 3.54. The summed E-state index contributed by atoms with van der Waals surface area (Å²) in [7, 11) is 0. The molecule has 0 spiro atoms. The molecular formula is C19H17N. The summed E-state index contributed by atoms with van der Waals surface area (Å²) in [5.74, 6) is 0.463. The van der Waals surface area contributed by atoms with E-state index in [0.717, 1.165) is 13.1 Å². The van der Waals surface area contributed by atoms with E-state index in [2.05, 4.69) is 72.0 Å². The molecule has 4 rings (SSSR count). The van der Waals surface area contributed by atoms with E-state index in [1.807, 2.05) is 0 Å². The minimum absolute atomic E-state index is 0.463. The van der Waals surface area contributed by atoms with Crippen molar-refractivity contribution in [1.82, 2.24) is 5.32 Å². The lowest BCUT2D eigenvalue weighted by Crippen LogP contribution is -2.28. The Kier molecular flexibility index (Phi) is 2.79. The molecule has 1 heterocycles. The molecule has 20 heavy (non-hydrogen) atoms. The predicted octanol–water partition coefficient (Wildman–Crippen LogP) is 4.07. The van der Waals surface area contributed by atoms with Crippen LogP contribution < -0.4 is 5.32 Å². The van der Waals surface area contributed by atoms with E-state index in [1.165, 1.54) is 27.5 Å². The average Bonchev–Trinajstić information content (AvgIpc) is 2.54. The van der Waals surface area contributed by atoms with Crippen LogP contribution in [0.5, 0.6) is 0 Å². The number of nitrogens with one attached hydrogen (secondary N) is 1. The van der Waals surface area contributed by atoms with Gasteiger partial charge in [-0.1, -0.05) is 66.7 Å². The van der Waals surface area contributed by atoms with Gasteiger partial charge < -0.3 is 5.32 Å². The Hall–Kier alpha value is -2.12. The van der Waals surface area contributed by atoms with Gasteiger partial charge in [-0.2, -0.15) is 0 Å². The summed E-state index contributed by atoms with van der Waals surface area (Å²) in [5, 5.41) is 6.18. The Labute approximate surface area is 119 Å². The van der Waals surface area contributed by atoms with Gasteiger partial charge in [-0.15, -0.1) is 0 Å². The van der Waals surface area contributed by atoms with Crippen LogP contribution in [0.3, 0.4) is 0 Å². The normalized spacial score (nSPS) is 17.9. The van der Waals surface area contributed by atoms with Gasteiger partial charge in [0.2, 0.25) is 0 Å². The summed E-state index contributed by atoms with van der Waals surface area (Å²) in [6, 6.07) is 24.2. The summed E-state index contributed by atoms with van der Waals surface area (Å²) in [5.41, 5.74) is 4.31. The average molecular weight is 259 g/mol. The van der Waals surface area contributed by atoms with Crippen LogP contribution in [0.1, 0.15) is 22.6 Å². The first-order chi connectivity index (χ1) is 9.92. The fourth-order valence-electron chi connectivity index (χ4n) is 3.22. The van der Waals surface area contributed by atoms with Crippen molar-refractivity contribution in [3.8, 4) is 0 Å². The first-order valence-corrected chi connectivity index (χ1v) is 7.19. The monoisotopic (exact) mass is 259 g/mol. The molecule has 0 bridgehead atoms. The summed E-state index contributed by atoms with van der Waals surface area (Å²) in [4.78, 5) is 0. The number of hydrogen-bond acceptors (Lipinski definition) is 1. The van der Waals surface area contributed by atoms with Crippen LogP contribution in [-0.4, -0.2) is 6.54 Å². The third kappa shape index (κ3) is 1.91. The second-order valence-corrected chi connectivity index (χ2v) is 5.49. The van der Waals surface area contributed by atoms with Crippen LogP contribution in [0.4, 0.5) is 0 Å². The van der Waals surface area contributed by atoms with E-state index < -0.39 is 0 Å². The Balaban J connectivity index is 1.84. The molecular weight excluding hydrogens is 242 g/mol. The third-order valence-electron chi connectivity index (χ3n) is 4.27. The van der Waals surface area contributed by atoms with Gasteiger partial charge in [-0.25, -0.2) is 0 Å². The second kappa shape index (κ2) is 4.77. The molecule has 0 aromatic heterocycles. The number of hydrogen-bond donors (Lipinski definition) is 1. The van der Waals surface area contributed by atoms with Gasteiger partial charge >= 0.3 is 0 Å². The van der Waals surface area contributed by atoms with E-state index in [-0.39, 0.29) is 0 Å². The number of rotatable bonds is 1. The van der Waals surface area contributed by atoms with Crippen molar-refractivity contribution < 1.29 is 0 Å². The molecule has 1 atom stereocenters. The van der Waals surface area contributed by atoms with E-state index in [1.54, 1.807) is 0 Å². The van der Waals surface area contributed by atoms with Crippen LogP contribution in [0, 0.1) is 0 Å². The number of fused-ring (bicyclic) bond motifs is 2. The second-order valence-electron chi connectivity index (χ2n) is 5.49. The van der Waals surface area contributed by atoms with Crippen LogP contribution in [-0.2, 0) is 6.54 Å². The molecule has 1 unspecified atom stereocenters. The lowest BCUT2D eigenvalue weighted by molar-refractivity contribution is 0.592. The van der Waals surface area contributed by atoms with Gasteiger partial charge in [0.25, 0.3) is 0 Å². The van der Waals surface area contributed by atoms with E-state index in [9.17, 15) is 0 Å². The van der Waals surface area contributed by atoms with Crippen LogP contribution in [0.25, 0.3) is 10.8 Å². The van der Waals surface area contributed by atoms with Gasteiger partial charge in [0.15, 0.2) is 0 Å². The highest BCUT2D eigenvalue weighted by Crippen LogP contribution is 2.31. The molecule has 3 aromatic rings. The van der Waals surface area contributed by atoms with Crippen LogP contribution in [0.2, 0.25) is 0 Å². The Morgan fingerprint density at radius 3 is 2.55 bits per heavy atom. The molecule has 0 fully saturated rings. The molecule has 0 aliphatic carbocycles. The molecule has 1 nitrogen and oxygen atoms in total. The van der Waals surface area contributed by atoms with Crippen molar-refractivity contribution in [3.05, 3.63) is 83.4 Å². The van der Waals surface area contributed by atoms with Crippen molar-refractivity contribution in [2.45, 2.75) is 12.5 Å². The maximum atomic E-state index is 3.54. The topological polar surface area (TPSA) is 12.0 Å². The van der Waals surface area contributed by atoms with E-state index >= 15 is 0 Å². The fourth-order valence-corrected chi connectivity index (χ4v) is 3.22. The fraction of sp³-hybridized carbons (Fsp3) is 0.158. The van der Waals surface area contributed by atoms with Crippen LogP contribution >= 0.6 is 0 Å². The molecule has 0 saturated heterocycles. The van der Waals surface area contributed by atoms with Crippen molar-refractivity contribution in [3.63, 3.8) is 0 Å². The molecule has 0 saturated carbocycles. The third-order valence-corrected chi connectivity index (χ3v) is 4.27. The molecule has 1 aliphatic rings. The highest BCUT2D eigenvalue weighted by Gasteiger charge is 2.20. The summed E-state index contributed by atoms with van der Waals surface area (Å²) >= 11 is 0. The molecule has 1 aliphatic heterocycles. The van der Waals surface area contributed by atoms with E-state index in [0.29, 0.717) is 5.92 Å². The standard InChI is InChI=1S/C19H17N/c1-2-6-15-11-16(10-9-14(15)5-1)19-13-20-12-17-7-3-4-8-18(17)19/h1-11,19-20H,12-13H2. The first kappa shape index (κ1) is 11.7. The molecule has 1 heteroatoms. The zero-order valence-electron chi connectivity index (χ0n) is 11.3. The minimum Gasteiger partial charge on any atom is -0.312 e. The summed E-state index contributed by atoms with van der Waals surface area (Å²) in [6.07, 6.45) is 0. The zero-order valence-corrected chi connectivity index (χ0v) is 11.3. The number of benzene rings is 3. The Morgan fingerprint density at radius 2 is 1.60 bits per heavy atom. The van der Waals surface area contributed by atoms with Crippen molar-refractivity contribution in [2.24, 2.45) is 0 Å². The molecule has 1 N–H and O–H groups in total. The lowest BCUT2D eigenvalue weighted by Gasteiger charge is -2.27. The minimum atomic E-state index is 0.463. The quantitative estimate of drug-likeness (QED) is 0.694.